The van der Waals surface area contributed by atoms with E-state index in [1.807, 2.05) is 18.2 Å². The lowest BCUT2D eigenvalue weighted by Crippen LogP contribution is -2.38. The maximum Gasteiger partial charge on any atom is 0.119 e. The monoisotopic (exact) mass is 315 g/mol. The van der Waals surface area contributed by atoms with Crippen LogP contribution in [0.2, 0.25) is 0 Å². The average molecular weight is 316 g/mol. The number of rotatable bonds is 7. The molecular weight excluding hydrogens is 294 g/mol. The molecule has 0 fully saturated rings. The molecule has 0 spiro atoms. The van der Waals surface area contributed by atoms with Crippen molar-refractivity contribution in [1.29, 1.82) is 0 Å². The van der Waals surface area contributed by atoms with Gasteiger partial charge in [0.2, 0.25) is 0 Å². The van der Waals surface area contributed by atoms with Crippen LogP contribution in [-0.4, -0.2) is 38.7 Å². The van der Waals surface area contributed by atoms with Gasteiger partial charge < -0.3 is 9.64 Å². The van der Waals surface area contributed by atoms with E-state index in [0.717, 1.165) is 29.6 Å². The fourth-order valence-corrected chi connectivity index (χ4v) is 2.17. The Morgan fingerprint density at radius 1 is 1.44 bits per heavy atom. The highest BCUT2D eigenvalue weighted by Gasteiger charge is 2.11. The third-order valence-electron chi connectivity index (χ3n) is 2.88. The number of nitrogens with zero attached hydrogens (tertiary/aromatic N) is 1. The van der Waals surface area contributed by atoms with Crippen molar-refractivity contribution in [2.75, 3.05) is 27.7 Å². The van der Waals surface area contributed by atoms with Gasteiger partial charge in [-0.05, 0) is 57.2 Å². The molecule has 0 heterocycles. The lowest BCUT2D eigenvalue weighted by molar-refractivity contribution is 0.357. The summed E-state index contributed by atoms with van der Waals surface area (Å²) in [6.07, 6.45) is 1.88. The summed E-state index contributed by atoms with van der Waals surface area (Å²) in [7, 11) is 5.81. The van der Waals surface area contributed by atoms with Crippen LogP contribution in [0, 0.1) is 0 Å². The lowest BCUT2D eigenvalue weighted by atomic mass is 10.0. The topological polar surface area (TPSA) is 50.5 Å². The molecule has 0 aromatic heterocycles. The molecule has 0 amide bonds. The molecule has 0 saturated heterocycles. The zero-order valence-corrected chi connectivity index (χ0v) is 12.8. The smallest absolute Gasteiger partial charge is 0.119 e. The Kier molecular flexibility index (Phi) is 6.63. The van der Waals surface area contributed by atoms with E-state index in [1.54, 1.807) is 7.11 Å². The van der Waals surface area contributed by atoms with Gasteiger partial charge in [0, 0.05) is 10.5 Å². The molecule has 0 saturated carbocycles. The first kappa shape index (κ1) is 15.4. The van der Waals surface area contributed by atoms with Crippen LogP contribution in [0.4, 0.5) is 0 Å². The number of hydrogen-bond acceptors (Lipinski definition) is 4. The van der Waals surface area contributed by atoms with Gasteiger partial charge in [0.05, 0.1) is 7.11 Å². The third-order valence-corrected chi connectivity index (χ3v) is 3.65. The maximum absolute atomic E-state index is 5.61. The summed E-state index contributed by atoms with van der Waals surface area (Å²) >= 11 is 3.56. The molecule has 1 aromatic rings. The number of nitrogens with one attached hydrogen (secondary N) is 1. The standard InChI is InChI=1S/C13H22BrN3O/c1-17(2)7-6-11(16-15)8-10-9-12(18-3)4-5-13(10)14/h4-5,9,11,16H,6-8,15H2,1-3H3. The van der Waals surface area contributed by atoms with Crippen molar-refractivity contribution in [2.45, 2.75) is 18.9 Å². The molecule has 0 radical (unpaired) electrons. The van der Waals surface area contributed by atoms with Gasteiger partial charge in [0.1, 0.15) is 5.75 Å². The van der Waals surface area contributed by atoms with Crippen LogP contribution < -0.4 is 16.0 Å². The molecule has 102 valence electrons. The van der Waals surface area contributed by atoms with Crippen LogP contribution in [0.1, 0.15) is 12.0 Å². The molecule has 0 aliphatic heterocycles. The Morgan fingerprint density at radius 3 is 2.72 bits per heavy atom. The predicted octanol–water partition coefficient (Wildman–Crippen LogP) is 1.78. The summed E-state index contributed by atoms with van der Waals surface area (Å²) in [4.78, 5) is 2.16. The number of methoxy groups -OCH3 is 1. The zero-order chi connectivity index (χ0) is 13.5. The summed E-state index contributed by atoms with van der Waals surface area (Å²) in [5.74, 6) is 6.48. The van der Waals surface area contributed by atoms with E-state index < -0.39 is 0 Å². The van der Waals surface area contributed by atoms with Crippen molar-refractivity contribution >= 4 is 15.9 Å². The van der Waals surface area contributed by atoms with Crippen LogP contribution in [0.5, 0.6) is 5.75 Å². The molecule has 1 rings (SSSR count). The quantitative estimate of drug-likeness (QED) is 0.595. The first-order valence-electron chi connectivity index (χ1n) is 6.00. The maximum atomic E-state index is 5.61. The van der Waals surface area contributed by atoms with Gasteiger partial charge in [-0.3, -0.25) is 11.3 Å². The molecule has 18 heavy (non-hydrogen) atoms. The minimum atomic E-state index is 0.260. The Morgan fingerprint density at radius 2 is 2.17 bits per heavy atom. The van der Waals surface area contributed by atoms with Crippen molar-refractivity contribution in [3.8, 4) is 5.75 Å². The number of benzene rings is 1. The molecule has 1 aromatic carbocycles. The Hall–Kier alpha value is -0.620. The second-order valence-corrected chi connectivity index (χ2v) is 5.47. The van der Waals surface area contributed by atoms with E-state index >= 15 is 0 Å². The minimum Gasteiger partial charge on any atom is -0.497 e. The van der Waals surface area contributed by atoms with Crippen LogP contribution in [-0.2, 0) is 6.42 Å². The Labute approximate surface area is 118 Å². The van der Waals surface area contributed by atoms with E-state index in [-0.39, 0.29) is 6.04 Å². The fraction of sp³-hybridized carbons (Fsp3) is 0.538. The van der Waals surface area contributed by atoms with Crippen LogP contribution >= 0.6 is 15.9 Å². The van der Waals surface area contributed by atoms with Gasteiger partial charge in [-0.25, -0.2) is 0 Å². The third kappa shape index (κ3) is 4.94. The zero-order valence-electron chi connectivity index (χ0n) is 11.2. The molecule has 0 aliphatic carbocycles. The van der Waals surface area contributed by atoms with Crippen LogP contribution in [0.25, 0.3) is 0 Å². The summed E-state index contributed by atoms with van der Waals surface area (Å²) in [6.45, 7) is 1.01. The highest BCUT2D eigenvalue weighted by atomic mass is 79.9. The Balaban J connectivity index is 2.68. The molecule has 1 unspecified atom stereocenters. The van der Waals surface area contributed by atoms with Crippen molar-refractivity contribution in [3.63, 3.8) is 0 Å². The lowest BCUT2D eigenvalue weighted by Gasteiger charge is -2.19. The number of halogens is 1. The Bertz CT molecular complexity index is 371. The van der Waals surface area contributed by atoms with Gasteiger partial charge in [-0.15, -0.1) is 0 Å². The summed E-state index contributed by atoms with van der Waals surface area (Å²) in [5, 5.41) is 0. The SMILES string of the molecule is COc1ccc(Br)c(CC(CCN(C)C)NN)c1. The molecular formula is C13H22BrN3O. The summed E-state index contributed by atoms with van der Waals surface area (Å²) < 4.78 is 6.33. The van der Waals surface area contributed by atoms with Crippen molar-refractivity contribution < 1.29 is 4.74 Å². The van der Waals surface area contributed by atoms with Crippen molar-refractivity contribution in [2.24, 2.45) is 5.84 Å². The summed E-state index contributed by atoms with van der Waals surface area (Å²) in [5.41, 5.74) is 4.09. The number of hydrazine groups is 1. The van der Waals surface area contributed by atoms with Gasteiger partial charge in [-0.2, -0.15) is 0 Å². The van der Waals surface area contributed by atoms with E-state index in [1.165, 1.54) is 5.56 Å². The molecule has 0 aliphatic rings. The van der Waals surface area contributed by atoms with E-state index in [2.05, 4.69) is 40.4 Å². The number of hydrogen-bond donors (Lipinski definition) is 2. The molecule has 0 bridgehead atoms. The predicted molar refractivity (Wildman–Crippen MR) is 78.7 cm³/mol. The van der Waals surface area contributed by atoms with E-state index in [4.69, 9.17) is 10.6 Å². The van der Waals surface area contributed by atoms with Gasteiger partial charge in [0.25, 0.3) is 0 Å². The van der Waals surface area contributed by atoms with Crippen molar-refractivity contribution in [1.82, 2.24) is 10.3 Å². The average Bonchev–Trinajstić information content (AvgIpc) is 2.36. The first-order valence-corrected chi connectivity index (χ1v) is 6.79. The van der Waals surface area contributed by atoms with E-state index in [0.29, 0.717) is 0 Å². The van der Waals surface area contributed by atoms with Crippen molar-refractivity contribution in [3.05, 3.63) is 28.2 Å². The van der Waals surface area contributed by atoms with E-state index in [9.17, 15) is 0 Å². The number of ether oxygens (including phenoxy) is 1. The highest BCUT2D eigenvalue weighted by Crippen LogP contribution is 2.24. The molecule has 5 heteroatoms. The largest absolute Gasteiger partial charge is 0.497 e. The minimum absolute atomic E-state index is 0.260. The molecule has 1 atom stereocenters. The van der Waals surface area contributed by atoms with Gasteiger partial charge >= 0.3 is 0 Å². The van der Waals surface area contributed by atoms with Gasteiger partial charge in [-0.1, -0.05) is 15.9 Å². The molecule has 3 N–H and O–H groups in total. The second-order valence-electron chi connectivity index (χ2n) is 4.62. The second kappa shape index (κ2) is 7.74. The normalized spacial score (nSPS) is 12.8. The molecule has 4 nitrogen and oxygen atoms in total. The highest BCUT2D eigenvalue weighted by molar-refractivity contribution is 9.10. The first-order chi connectivity index (χ1) is 8.56. The van der Waals surface area contributed by atoms with Gasteiger partial charge in [0.15, 0.2) is 0 Å². The van der Waals surface area contributed by atoms with Crippen LogP contribution in [0.3, 0.4) is 0 Å². The van der Waals surface area contributed by atoms with Crippen LogP contribution in [0.15, 0.2) is 22.7 Å². The summed E-state index contributed by atoms with van der Waals surface area (Å²) in [6, 6.07) is 6.26. The fourth-order valence-electron chi connectivity index (χ4n) is 1.76. The number of nitrogens with two attached hydrogens (primary N) is 1.